The molecule has 98 valence electrons. The number of ether oxygens (including phenoxy) is 1. The van der Waals surface area contributed by atoms with E-state index in [1.165, 1.54) is 0 Å². The van der Waals surface area contributed by atoms with Gasteiger partial charge in [-0.3, -0.25) is 5.84 Å². The molecule has 2 aliphatic heterocycles. The molecule has 0 spiro atoms. The molecular formula is C12H24N4O. The van der Waals surface area contributed by atoms with Crippen molar-refractivity contribution in [3.63, 3.8) is 0 Å². The molecule has 17 heavy (non-hydrogen) atoms. The van der Waals surface area contributed by atoms with E-state index >= 15 is 0 Å². The summed E-state index contributed by atoms with van der Waals surface area (Å²) in [6.45, 7) is 4.17. The van der Waals surface area contributed by atoms with Crippen molar-refractivity contribution in [2.45, 2.75) is 24.9 Å². The van der Waals surface area contributed by atoms with Crippen LogP contribution in [0.3, 0.4) is 0 Å². The molecular weight excluding hydrogens is 216 g/mol. The van der Waals surface area contributed by atoms with E-state index in [0.29, 0.717) is 6.04 Å². The van der Waals surface area contributed by atoms with Gasteiger partial charge in [0.2, 0.25) is 0 Å². The standard InChI is InChI=1S/C12H24N4O/c1-15-5-6-16(2)10(9-15)8-11(14-13)12-4-3-7-17-12/h4,10-11,14H,3,5-9,13H2,1-2H3. The van der Waals surface area contributed by atoms with Crippen molar-refractivity contribution in [3.8, 4) is 0 Å². The maximum atomic E-state index is 5.65. The first-order chi connectivity index (χ1) is 8.20. The molecule has 2 unspecified atom stereocenters. The molecule has 2 rings (SSSR count). The Morgan fingerprint density at radius 2 is 2.35 bits per heavy atom. The summed E-state index contributed by atoms with van der Waals surface area (Å²) in [7, 11) is 4.37. The van der Waals surface area contributed by atoms with E-state index in [9.17, 15) is 0 Å². The first-order valence-electron chi connectivity index (χ1n) is 6.38. The van der Waals surface area contributed by atoms with E-state index in [2.05, 4.69) is 35.4 Å². The predicted octanol–water partition coefficient (Wildman–Crippen LogP) is -0.242. The van der Waals surface area contributed by atoms with Crippen LogP contribution in [0.2, 0.25) is 0 Å². The SMILES string of the molecule is CN1CCN(C)C(CC(NN)C2=CCCO2)C1. The lowest BCUT2D eigenvalue weighted by atomic mass is 10.0. The van der Waals surface area contributed by atoms with Crippen LogP contribution in [0, 0.1) is 0 Å². The fourth-order valence-corrected chi connectivity index (χ4v) is 2.57. The van der Waals surface area contributed by atoms with Gasteiger partial charge >= 0.3 is 0 Å². The van der Waals surface area contributed by atoms with Crippen LogP contribution in [-0.4, -0.2) is 62.2 Å². The van der Waals surface area contributed by atoms with Crippen LogP contribution < -0.4 is 11.3 Å². The highest BCUT2D eigenvalue weighted by atomic mass is 16.5. The van der Waals surface area contributed by atoms with Crippen molar-refractivity contribution in [1.82, 2.24) is 15.2 Å². The van der Waals surface area contributed by atoms with Crippen molar-refractivity contribution in [2.24, 2.45) is 5.84 Å². The van der Waals surface area contributed by atoms with Gasteiger partial charge in [0.25, 0.3) is 0 Å². The highest BCUT2D eigenvalue weighted by Crippen LogP contribution is 2.19. The summed E-state index contributed by atoms with van der Waals surface area (Å²) in [5.74, 6) is 6.67. The zero-order valence-corrected chi connectivity index (χ0v) is 10.9. The van der Waals surface area contributed by atoms with E-state index in [1.54, 1.807) is 0 Å². The van der Waals surface area contributed by atoms with Gasteiger partial charge in [-0.15, -0.1) is 0 Å². The third-order valence-corrected chi connectivity index (χ3v) is 3.76. The highest BCUT2D eigenvalue weighted by Gasteiger charge is 2.27. The van der Waals surface area contributed by atoms with Crippen molar-refractivity contribution in [2.75, 3.05) is 40.3 Å². The number of hydrazine groups is 1. The van der Waals surface area contributed by atoms with Crippen molar-refractivity contribution in [3.05, 3.63) is 11.8 Å². The van der Waals surface area contributed by atoms with Crippen LogP contribution in [0.5, 0.6) is 0 Å². The van der Waals surface area contributed by atoms with Crippen LogP contribution in [0.1, 0.15) is 12.8 Å². The van der Waals surface area contributed by atoms with E-state index in [-0.39, 0.29) is 6.04 Å². The Hall–Kier alpha value is -0.620. The van der Waals surface area contributed by atoms with Gasteiger partial charge in [-0.05, 0) is 26.6 Å². The second kappa shape index (κ2) is 5.82. The number of piperazine rings is 1. The smallest absolute Gasteiger partial charge is 0.110 e. The highest BCUT2D eigenvalue weighted by molar-refractivity contribution is 5.07. The largest absolute Gasteiger partial charge is 0.496 e. The Bertz CT molecular complexity index is 282. The number of nitrogens with zero attached hydrogens (tertiary/aromatic N) is 2. The lowest BCUT2D eigenvalue weighted by molar-refractivity contribution is 0.0965. The van der Waals surface area contributed by atoms with Crippen molar-refractivity contribution >= 4 is 0 Å². The first-order valence-corrected chi connectivity index (χ1v) is 6.38. The van der Waals surface area contributed by atoms with Crippen LogP contribution in [0.25, 0.3) is 0 Å². The van der Waals surface area contributed by atoms with Crippen LogP contribution in [0.4, 0.5) is 0 Å². The van der Waals surface area contributed by atoms with Gasteiger partial charge in [0.05, 0.1) is 12.6 Å². The molecule has 0 aliphatic carbocycles. The third kappa shape index (κ3) is 3.19. The minimum Gasteiger partial charge on any atom is -0.496 e. The Morgan fingerprint density at radius 1 is 1.53 bits per heavy atom. The minimum atomic E-state index is 0.149. The Balaban J connectivity index is 1.92. The van der Waals surface area contributed by atoms with Crippen LogP contribution >= 0.6 is 0 Å². The lowest BCUT2D eigenvalue weighted by Crippen LogP contribution is -2.53. The second-order valence-corrected chi connectivity index (χ2v) is 5.10. The molecule has 1 saturated heterocycles. The fourth-order valence-electron chi connectivity index (χ4n) is 2.57. The summed E-state index contributed by atoms with van der Waals surface area (Å²) in [6, 6.07) is 0.691. The monoisotopic (exact) mass is 240 g/mol. The molecule has 0 aromatic carbocycles. The minimum absolute atomic E-state index is 0.149. The molecule has 3 N–H and O–H groups in total. The summed E-state index contributed by atoms with van der Waals surface area (Å²) >= 11 is 0. The molecule has 0 aromatic rings. The normalized spacial score (nSPS) is 28.9. The van der Waals surface area contributed by atoms with Gasteiger partial charge in [0.1, 0.15) is 5.76 Å². The molecule has 2 aliphatic rings. The summed E-state index contributed by atoms with van der Waals surface area (Å²) < 4.78 is 5.60. The molecule has 0 radical (unpaired) electrons. The fraction of sp³-hybridized carbons (Fsp3) is 0.833. The summed E-state index contributed by atoms with van der Waals surface area (Å²) in [4.78, 5) is 4.79. The Morgan fingerprint density at radius 3 is 3.00 bits per heavy atom. The Labute approximate surface area is 104 Å². The van der Waals surface area contributed by atoms with E-state index < -0.39 is 0 Å². The average Bonchev–Trinajstić information content (AvgIpc) is 2.84. The topological polar surface area (TPSA) is 53.8 Å². The molecule has 2 atom stereocenters. The zero-order chi connectivity index (χ0) is 12.3. The summed E-state index contributed by atoms with van der Waals surface area (Å²) in [5, 5.41) is 0. The zero-order valence-electron chi connectivity index (χ0n) is 10.9. The molecule has 0 bridgehead atoms. The predicted molar refractivity (Wildman–Crippen MR) is 68.3 cm³/mol. The average molecular weight is 240 g/mol. The van der Waals surface area contributed by atoms with Crippen LogP contribution in [-0.2, 0) is 4.74 Å². The molecule has 1 fully saturated rings. The third-order valence-electron chi connectivity index (χ3n) is 3.76. The Kier molecular flexibility index (Phi) is 4.39. The van der Waals surface area contributed by atoms with Gasteiger partial charge < -0.3 is 14.5 Å². The number of nitrogens with two attached hydrogens (primary N) is 1. The molecule has 0 saturated carbocycles. The molecule has 0 aromatic heterocycles. The van der Waals surface area contributed by atoms with E-state index in [4.69, 9.17) is 10.6 Å². The van der Waals surface area contributed by atoms with E-state index in [0.717, 1.165) is 44.8 Å². The molecule has 5 nitrogen and oxygen atoms in total. The van der Waals surface area contributed by atoms with Gasteiger partial charge in [-0.1, -0.05) is 0 Å². The van der Waals surface area contributed by atoms with Gasteiger partial charge in [-0.25, -0.2) is 5.43 Å². The summed E-state index contributed by atoms with van der Waals surface area (Å²) in [6.07, 6.45) is 4.16. The van der Waals surface area contributed by atoms with Crippen molar-refractivity contribution < 1.29 is 4.74 Å². The maximum absolute atomic E-state index is 5.65. The van der Waals surface area contributed by atoms with Gasteiger partial charge in [0, 0.05) is 32.1 Å². The number of hydrogen-bond donors (Lipinski definition) is 2. The number of hydrogen-bond acceptors (Lipinski definition) is 5. The number of rotatable bonds is 4. The summed E-state index contributed by atoms with van der Waals surface area (Å²) in [5.41, 5.74) is 2.89. The van der Waals surface area contributed by atoms with E-state index in [1.807, 2.05) is 0 Å². The lowest BCUT2D eigenvalue weighted by Gasteiger charge is -2.39. The van der Waals surface area contributed by atoms with Crippen molar-refractivity contribution in [1.29, 1.82) is 0 Å². The van der Waals surface area contributed by atoms with Gasteiger partial charge in [0.15, 0.2) is 0 Å². The number of nitrogens with one attached hydrogen (secondary N) is 1. The van der Waals surface area contributed by atoms with Gasteiger partial charge in [-0.2, -0.15) is 0 Å². The molecule has 2 heterocycles. The maximum Gasteiger partial charge on any atom is 0.110 e. The number of likely N-dealkylation sites (N-methyl/N-ethyl adjacent to an activating group) is 2. The second-order valence-electron chi connectivity index (χ2n) is 5.10. The quantitative estimate of drug-likeness (QED) is 0.525. The molecule has 5 heteroatoms. The van der Waals surface area contributed by atoms with Crippen LogP contribution in [0.15, 0.2) is 11.8 Å². The molecule has 0 amide bonds. The first kappa shape index (κ1) is 12.8.